The van der Waals surface area contributed by atoms with E-state index in [-0.39, 0.29) is 4.90 Å². The summed E-state index contributed by atoms with van der Waals surface area (Å²) in [6.45, 7) is 1.52. The van der Waals surface area contributed by atoms with Crippen LogP contribution in [-0.2, 0) is 19.6 Å². The minimum Gasteiger partial charge on any atom is -0.480 e. The summed E-state index contributed by atoms with van der Waals surface area (Å²) in [5.41, 5.74) is 5.24. The molecule has 0 fully saturated rings. The van der Waals surface area contributed by atoms with Gasteiger partial charge in [-0.1, -0.05) is 11.6 Å². The average molecular weight is 321 g/mol. The molecule has 0 saturated carbocycles. The Labute approximate surface area is 120 Å². The van der Waals surface area contributed by atoms with Gasteiger partial charge in [-0.15, -0.1) is 0 Å². The van der Waals surface area contributed by atoms with Crippen molar-refractivity contribution in [3.05, 3.63) is 28.8 Å². The first kappa shape index (κ1) is 16.4. The van der Waals surface area contributed by atoms with E-state index in [0.717, 1.165) is 0 Å². The number of hydrogen-bond acceptors (Lipinski definition) is 4. The number of amides is 1. The molecule has 1 amide bonds. The number of primary amides is 1. The van der Waals surface area contributed by atoms with Crippen molar-refractivity contribution in [1.29, 1.82) is 0 Å². The Morgan fingerprint density at radius 3 is 2.50 bits per heavy atom. The third-order valence-corrected chi connectivity index (χ3v) is 4.29. The number of nitrogens with one attached hydrogen (secondary N) is 1. The van der Waals surface area contributed by atoms with Crippen LogP contribution < -0.4 is 10.5 Å². The van der Waals surface area contributed by atoms with Crippen molar-refractivity contribution in [2.24, 2.45) is 5.73 Å². The molecule has 7 nitrogen and oxygen atoms in total. The number of carbonyl (C=O) groups excluding carboxylic acids is 1. The van der Waals surface area contributed by atoms with E-state index in [9.17, 15) is 18.0 Å². The summed E-state index contributed by atoms with van der Waals surface area (Å²) in [7, 11) is -4.09. The zero-order chi connectivity index (χ0) is 15.5. The molecule has 0 aliphatic heterocycles. The van der Waals surface area contributed by atoms with E-state index in [1.807, 2.05) is 4.72 Å². The average Bonchev–Trinajstić information content (AvgIpc) is 2.26. The summed E-state index contributed by atoms with van der Waals surface area (Å²) in [5, 5.41) is 9.24. The maximum atomic E-state index is 12.1. The first-order chi connectivity index (χ1) is 9.13. The minimum absolute atomic E-state index is 0.113. The third-order valence-electron chi connectivity index (χ3n) is 2.43. The fraction of sp³-hybridized carbons (Fsp3) is 0.273. The summed E-state index contributed by atoms with van der Waals surface area (Å²) in [5.74, 6) is -2.41. The number of halogens is 1. The third kappa shape index (κ3) is 4.19. The summed E-state index contributed by atoms with van der Waals surface area (Å²) in [6, 6.07) is 2.43. The van der Waals surface area contributed by atoms with Gasteiger partial charge in [-0.25, -0.2) is 8.42 Å². The highest BCUT2D eigenvalue weighted by Crippen LogP contribution is 2.20. The maximum absolute atomic E-state index is 12.1. The van der Waals surface area contributed by atoms with Crippen LogP contribution >= 0.6 is 11.6 Å². The largest absolute Gasteiger partial charge is 0.480 e. The van der Waals surface area contributed by atoms with Crippen LogP contribution in [0.15, 0.2) is 23.1 Å². The van der Waals surface area contributed by atoms with Gasteiger partial charge >= 0.3 is 5.97 Å². The molecule has 0 heterocycles. The van der Waals surface area contributed by atoms with Crippen molar-refractivity contribution in [3.8, 4) is 0 Å². The van der Waals surface area contributed by atoms with Crippen molar-refractivity contribution >= 4 is 33.5 Å². The molecule has 0 radical (unpaired) electrons. The van der Waals surface area contributed by atoms with Gasteiger partial charge in [0, 0.05) is 5.02 Å². The molecule has 0 aliphatic carbocycles. The number of benzene rings is 1. The number of nitrogens with two attached hydrogens (primary N) is 1. The van der Waals surface area contributed by atoms with Gasteiger partial charge in [0.15, 0.2) is 0 Å². The standard InChI is InChI=1S/C11H13ClN2O5S/c1-6-4-7(12)2-3-9(6)20(18,19)14-8(11(16)17)5-10(13)15/h2-4,8,14H,5H2,1H3,(H2,13,15)(H,16,17)/t8-/m0/s1. The SMILES string of the molecule is Cc1cc(Cl)ccc1S(=O)(=O)N[C@@H](CC(N)=O)C(=O)O. The van der Waals surface area contributed by atoms with Crippen LogP contribution in [-0.4, -0.2) is 31.4 Å². The molecule has 0 aromatic heterocycles. The number of carbonyl (C=O) groups is 2. The zero-order valence-corrected chi connectivity index (χ0v) is 12.0. The number of rotatable bonds is 6. The minimum atomic E-state index is -4.09. The predicted molar refractivity (Wildman–Crippen MR) is 71.7 cm³/mol. The van der Waals surface area contributed by atoms with Gasteiger partial charge in [-0.05, 0) is 30.7 Å². The van der Waals surface area contributed by atoms with Gasteiger partial charge in [0.05, 0.1) is 11.3 Å². The molecule has 0 aliphatic rings. The molecule has 110 valence electrons. The molecule has 0 saturated heterocycles. The van der Waals surface area contributed by atoms with Crippen LogP contribution in [0.4, 0.5) is 0 Å². The predicted octanol–water partition coefficient (Wildman–Crippen LogP) is 0.255. The molecule has 0 unspecified atom stereocenters. The Kier molecular flexibility index (Phi) is 5.09. The highest BCUT2D eigenvalue weighted by Gasteiger charge is 2.27. The molecule has 1 rings (SSSR count). The summed E-state index contributed by atoms with van der Waals surface area (Å²) in [6.07, 6.45) is -0.638. The molecule has 1 atom stereocenters. The van der Waals surface area contributed by atoms with E-state index in [4.69, 9.17) is 22.4 Å². The molecule has 20 heavy (non-hydrogen) atoms. The molecule has 0 spiro atoms. The normalized spacial score (nSPS) is 12.9. The molecule has 0 bridgehead atoms. The van der Waals surface area contributed by atoms with E-state index in [1.54, 1.807) is 0 Å². The van der Waals surface area contributed by atoms with E-state index >= 15 is 0 Å². The first-order valence-electron chi connectivity index (χ1n) is 5.43. The van der Waals surface area contributed by atoms with Crippen LogP contribution in [0.1, 0.15) is 12.0 Å². The number of aliphatic carboxylic acids is 1. The van der Waals surface area contributed by atoms with Gasteiger partial charge in [0.2, 0.25) is 15.9 Å². The number of hydrogen-bond donors (Lipinski definition) is 3. The first-order valence-corrected chi connectivity index (χ1v) is 7.29. The lowest BCUT2D eigenvalue weighted by molar-refractivity contribution is -0.140. The molecular weight excluding hydrogens is 308 g/mol. The summed E-state index contributed by atoms with van der Waals surface area (Å²) in [4.78, 5) is 21.6. The molecule has 4 N–H and O–H groups in total. The molecule has 1 aromatic rings. The fourth-order valence-corrected chi connectivity index (χ4v) is 3.19. The molecular formula is C11H13ClN2O5S. The highest BCUT2D eigenvalue weighted by molar-refractivity contribution is 7.89. The van der Waals surface area contributed by atoms with E-state index in [1.165, 1.54) is 25.1 Å². The Bertz CT molecular complexity index is 644. The van der Waals surface area contributed by atoms with Crippen molar-refractivity contribution in [2.45, 2.75) is 24.3 Å². The number of carboxylic acid groups (broad SMARTS) is 1. The maximum Gasteiger partial charge on any atom is 0.322 e. The Morgan fingerprint density at radius 2 is 2.05 bits per heavy atom. The molecule has 9 heteroatoms. The second-order valence-electron chi connectivity index (χ2n) is 4.09. The van der Waals surface area contributed by atoms with Crippen molar-refractivity contribution in [1.82, 2.24) is 4.72 Å². The smallest absolute Gasteiger partial charge is 0.322 e. The second kappa shape index (κ2) is 6.21. The Balaban J connectivity index is 3.09. The van der Waals surface area contributed by atoms with Crippen LogP contribution in [0.5, 0.6) is 0 Å². The number of sulfonamides is 1. The van der Waals surface area contributed by atoms with Gasteiger partial charge < -0.3 is 10.8 Å². The summed E-state index contributed by atoms with van der Waals surface area (Å²) >= 11 is 5.72. The van der Waals surface area contributed by atoms with Crippen LogP contribution in [0.3, 0.4) is 0 Å². The number of aryl methyl sites for hydroxylation is 1. The van der Waals surface area contributed by atoms with Crippen LogP contribution in [0, 0.1) is 6.92 Å². The van der Waals surface area contributed by atoms with E-state index in [2.05, 4.69) is 0 Å². The van der Waals surface area contributed by atoms with Gasteiger partial charge in [0.25, 0.3) is 0 Å². The van der Waals surface area contributed by atoms with Gasteiger partial charge in [0.1, 0.15) is 6.04 Å². The van der Waals surface area contributed by atoms with Crippen LogP contribution in [0.2, 0.25) is 5.02 Å². The lowest BCUT2D eigenvalue weighted by atomic mass is 10.2. The summed E-state index contributed by atoms with van der Waals surface area (Å²) < 4.78 is 26.1. The topological polar surface area (TPSA) is 127 Å². The van der Waals surface area contributed by atoms with E-state index in [0.29, 0.717) is 10.6 Å². The lowest BCUT2D eigenvalue weighted by Crippen LogP contribution is -2.43. The van der Waals surface area contributed by atoms with Crippen molar-refractivity contribution < 1.29 is 23.1 Å². The number of carboxylic acids is 1. The van der Waals surface area contributed by atoms with Crippen molar-refractivity contribution in [3.63, 3.8) is 0 Å². The van der Waals surface area contributed by atoms with Gasteiger partial charge in [-0.2, -0.15) is 4.72 Å². The second-order valence-corrected chi connectivity index (χ2v) is 6.21. The Morgan fingerprint density at radius 1 is 1.45 bits per heavy atom. The zero-order valence-electron chi connectivity index (χ0n) is 10.5. The lowest BCUT2D eigenvalue weighted by Gasteiger charge is -2.14. The van der Waals surface area contributed by atoms with Crippen molar-refractivity contribution in [2.75, 3.05) is 0 Å². The van der Waals surface area contributed by atoms with Crippen LogP contribution in [0.25, 0.3) is 0 Å². The Hall–Kier alpha value is -1.64. The quantitative estimate of drug-likeness (QED) is 0.692. The molecule has 1 aromatic carbocycles. The van der Waals surface area contributed by atoms with E-state index < -0.39 is 34.4 Å². The highest BCUT2D eigenvalue weighted by atomic mass is 35.5. The van der Waals surface area contributed by atoms with Gasteiger partial charge in [-0.3, -0.25) is 9.59 Å². The monoisotopic (exact) mass is 320 g/mol. The fourth-order valence-electron chi connectivity index (χ4n) is 1.55.